The van der Waals surface area contributed by atoms with Crippen LogP contribution in [-0.4, -0.2) is 28.3 Å². The molecule has 1 aromatic rings. The maximum atomic E-state index is 12.2. The highest BCUT2D eigenvalue weighted by molar-refractivity contribution is 7.09. The number of hydrogen-bond donors (Lipinski definition) is 3. The van der Waals surface area contributed by atoms with Gasteiger partial charge in [-0.2, -0.15) is 0 Å². The zero-order chi connectivity index (χ0) is 14.8. The number of carbonyl (C=O) groups is 1. The topological polar surface area (TPSA) is 74.2 Å². The fourth-order valence-electron chi connectivity index (χ4n) is 2.96. The monoisotopic (exact) mass is 309 g/mol. The molecule has 0 aromatic carbocycles. The van der Waals surface area contributed by atoms with Crippen molar-refractivity contribution in [2.75, 3.05) is 0 Å². The van der Waals surface area contributed by atoms with E-state index >= 15 is 0 Å². The van der Waals surface area contributed by atoms with Crippen molar-refractivity contribution in [3.8, 4) is 0 Å². The van der Waals surface area contributed by atoms with Gasteiger partial charge in [0.05, 0.1) is 18.2 Å². The molecular formula is C15H23N3O2S. The number of aromatic nitrogens is 1. The second-order valence-corrected chi connectivity index (χ2v) is 7.11. The first-order valence-electron chi connectivity index (χ1n) is 7.80. The van der Waals surface area contributed by atoms with E-state index in [4.69, 9.17) is 0 Å². The summed E-state index contributed by atoms with van der Waals surface area (Å²) < 4.78 is 0. The van der Waals surface area contributed by atoms with Crippen LogP contribution in [0.5, 0.6) is 0 Å². The summed E-state index contributed by atoms with van der Waals surface area (Å²) in [5.41, 5.74) is 1.01. The van der Waals surface area contributed by atoms with Crippen LogP contribution in [0.2, 0.25) is 0 Å². The van der Waals surface area contributed by atoms with Crippen LogP contribution in [0.1, 0.15) is 55.3 Å². The number of urea groups is 1. The summed E-state index contributed by atoms with van der Waals surface area (Å²) in [5, 5.41) is 19.0. The van der Waals surface area contributed by atoms with Gasteiger partial charge >= 0.3 is 6.03 Å². The second-order valence-electron chi connectivity index (χ2n) is 6.22. The zero-order valence-electron chi connectivity index (χ0n) is 12.3. The molecule has 3 N–H and O–H groups in total. The number of amides is 2. The van der Waals surface area contributed by atoms with Gasteiger partial charge in [0.25, 0.3) is 0 Å². The van der Waals surface area contributed by atoms with Crippen molar-refractivity contribution in [3.05, 3.63) is 16.1 Å². The predicted molar refractivity (Wildman–Crippen MR) is 82.2 cm³/mol. The lowest BCUT2D eigenvalue weighted by Gasteiger charge is -2.29. The van der Waals surface area contributed by atoms with Crippen molar-refractivity contribution < 1.29 is 9.90 Å². The van der Waals surface area contributed by atoms with E-state index in [1.165, 1.54) is 0 Å². The smallest absolute Gasteiger partial charge is 0.315 e. The van der Waals surface area contributed by atoms with Crippen LogP contribution < -0.4 is 10.6 Å². The Morgan fingerprint density at radius 3 is 2.76 bits per heavy atom. The molecule has 3 atom stereocenters. The van der Waals surface area contributed by atoms with Gasteiger partial charge in [0, 0.05) is 11.1 Å². The molecule has 3 rings (SSSR count). The van der Waals surface area contributed by atoms with Gasteiger partial charge in [0.1, 0.15) is 5.01 Å². The molecule has 5 nitrogen and oxygen atoms in total. The van der Waals surface area contributed by atoms with Crippen LogP contribution >= 0.6 is 11.3 Å². The summed E-state index contributed by atoms with van der Waals surface area (Å²) in [5.74, 6) is 0.512. The maximum Gasteiger partial charge on any atom is 0.315 e. The summed E-state index contributed by atoms with van der Waals surface area (Å²) in [6.45, 7) is 1.97. The summed E-state index contributed by atoms with van der Waals surface area (Å²) >= 11 is 1.61. The van der Waals surface area contributed by atoms with Gasteiger partial charge in [-0.3, -0.25) is 0 Å². The summed E-state index contributed by atoms with van der Waals surface area (Å²) in [4.78, 5) is 16.7. The number of carbonyl (C=O) groups excluding carboxylic acids is 1. The third kappa shape index (κ3) is 3.74. The van der Waals surface area contributed by atoms with Gasteiger partial charge < -0.3 is 15.7 Å². The molecule has 1 heterocycles. The Bertz CT molecular complexity index is 501. The average molecular weight is 309 g/mol. The van der Waals surface area contributed by atoms with E-state index in [9.17, 15) is 9.90 Å². The number of aliphatic hydroxyl groups is 1. The molecule has 2 aliphatic rings. The van der Waals surface area contributed by atoms with Crippen molar-refractivity contribution in [1.29, 1.82) is 0 Å². The molecule has 2 fully saturated rings. The van der Waals surface area contributed by atoms with E-state index in [0.717, 1.165) is 49.2 Å². The fourth-order valence-corrected chi connectivity index (χ4v) is 3.90. The number of rotatable bonds is 4. The van der Waals surface area contributed by atoms with E-state index in [1.54, 1.807) is 11.3 Å². The van der Waals surface area contributed by atoms with Crippen LogP contribution in [0.25, 0.3) is 0 Å². The Balaban J connectivity index is 1.59. The number of nitrogens with zero attached hydrogens (tertiary/aromatic N) is 1. The highest BCUT2D eigenvalue weighted by atomic mass is 32.1. The minimum Gasteiger partial charge on any atom is -0.391 e. The average Bonchev–Trinajstić information content (AvgIpc) is 3.21. The van der Waals surface area contributed by atoms with Crippen molar-refractivity contribution in [1.82, 2.24) is 15.6 Å². The van der Waals surface area contributed by atoms with E-state index < -0.39 is 6.10 Å². The Kier molecular flexibility index (Phi) is 4.45. The lowest BCUT2D eigenvalue weighted by molar-refractivity contribution is 0.0939. The molecule has 21 heavy (non-hydrogen) atoms. The summed E-state index contributed by atoms with van der Waals surface area (Å²) in [6, 6.07) is -0.272. The third-order valence-corrected chi connectivity index (χ3v) is 5.37. The quantitative estimate of drug-likeness (QED) is 0.800. The van der Waals surface area contributed by atoms with Crippen LogP contribution in [0.15, 0.2) is 5.38 Å². The molecule has 6 heteroatoms. The minimum atomic E-state index is -0.411. The molecule has 0 bridgehead atoms. The number of nitrogens with one attached hydrogen (secondary N) is 2. The molecule has 3 unspecified atom stereocenters. The largest absolute Gasteiger partial charge is 0.391 e. The van der Waals surface area contributed by atoms with Crippen LogP contribution in [0, 0.1) is 12.8 Å². The molecular weight excluding hydrogens is 286 g/mol. The third-order valence-electron chi connectivity index (χ3n) is 4.33. The molecule has 116 valence electrons. The Morgan fingerprint density at radius 1 is 1.38 bits per heavy atom. The normalized spacial score (nSPS) is 27.1. The highest BCUT2D eigenvalue weighted by Gasteiger charge is 2.36. The van der Waals surface area contributed by atoms with Crippen molar-refractivity contribution in [2.24, 2.45) is 5.92 Å². The molecule has 2 amide bonds. The zero-order valence-corrected chi connectivity index (χ0v) is 13.2. The fraction of sp³-hybridized carbons (Fsp3) is 0.733. The highest BCUT2D eigenvalue weighted by Crippen LogP contribution is 2.41. The predicted octanol–water partition coefficient (Wildman–Crippen LogP) is 2.51. The standard InChI is InChI=1S/C15H23N3O2S/c1-9-8-21-14(16-9)13(10-6-7-10)18-15(20)17-11-4-2-3-5-12(11)19/h8,10-13,19H,2-7H2,1H3,(H2,17,18,20). The van der Waals surface area contributed by atoms with Gasteiger partial charge in [0.2, 0.25) is 0 Å². The lowest BCUT2D eigenvalue weighted by atomic mass is 9.93. The van der Waals surface area contributed by atoms with Gasteiger partial charge in [0.15, 0.2) is 0 Å². The molecule has 2 saturated carbocycles. The number of thiazole rings is 1. The lowest BCUT2D eigenvalue weighted by Crippen LogP contribution is -2.49. The van der Waals surface area contributed by atoms with Gasteiger partial charge in [-0.25, -0.2) is 9.78 Å². The van der Waals surface area contributed by atoms with Crippen molar-refractivity contribution in [3.63, 3.8) is 0 Å². The first kappa shape index (κ1) is 14.8. The van der Waals surface area contributed by atoms with Crippen LogP contribution in [-0.2, 0) is 0 Å². The first-order valence-corrected chi connectivity index (χ1v) is 8.68. The van der Waals surface area contributed by atoms with E-state index in [-0.39, 0.29) is 18.1 Å². The molecule has 0 saturated heterocycles. The molecule has 0 radical (unpaired) electrons. The number of hydrogen-bond acceptors (Lipinski definition) is 4. The molecule has 2 aliphatic carbocycles. The van der Waals surface area contributed by atoms with Crippen molar-refractivity contribution >= 4 is 17.4 Å². The Labute approximate surface area is 129 Å². The van der Waals surface area contributed by atoms with Gasteiger partial charge in [-0.15, -0.1) is 11.3 Å². The van der Waals surface area contributed by atoms with Gasteiger partial charge in [-0.05, 0) is 38.5 Å². The second kappa shape index (κ2) is 6.32. The maximum absolute atomic E-state index is 12.2. The van der Waals surface area contributed by atoms with E-state index in [0.29, 0.717) is 5.92 Å². The first-order chi connectivity index (χ1) is 10.1. The Morgan fingerprint density at radius 2 is 2.14 bits per heavy atom. The van der Waals surface area contributed by atoms with Gasteiger partial charge in [-0.1, -0.05) is 12.8 Å². The summed E-state index contributed by atoms with van der Waals surface area (Å²) in [7, 11) is 0. The van der Waals surface area contributed by atoms with Crippen LogP contribution in [0.3, 0.4) is 0 Å². The Hall–Kier alpha value is -1.14. The number of aryl methyl sites for hydroxylation is 1. The molecule has 0 spiro atoms. The van der Waals surface area contributed by atoms with E-state index in [1.807, 2.05) is 12.3 Å². The SMILES string of the molecule is Cc1csc(C(NC(=O)NC2CCCCC2O)C2CC2)n1. The number of aliphatic hydroxyl groups excluding tert-OH is 1. The minimum absolute atomic E-state index is 0.0180. The molecule has 1 aromatic heterocycles. The molecule has 0 aliphatic heterocycles. The van der Waals surface area contributed by atoms with E-state index in [2.05, 4.69) is 15.6 Å². The van der Waals surface area contributed by atoms with Crippen molar-refractivity contribution in [2.45, 2.75) is 63.6 Å². The summed E-state index contributed by atoms with van der Waals surface area (Å²) in [6.07, 6.45) is 5.64. The van der Waals surface area contributed by atoms with Crippen LogP contribution in [0.4, 0.5) is 4.79 Å².